The van der Waals surface area contributed by atoms with E-state index in [-0.39, 0.29) is 18.1 Å². The Labute approximate surface area is 184 Å². The van der Waals surface area contributed by atoms with E-state index in [1.54, 1.807) is 12.1 Å². The number of aromatic nitrogens is 2. The fourth-order valence-electron chi connectivity index (χ4n) is 4.18. The van der Waals surface area contributed by atoms with Crippen molar-refractivity contribution in [2.75, 3.05) is 13.2 Å². The first kappa shape index (κ1) is 19.8. The van der Waals surface area contributed by atoms with Crippen molar-refractivity contribution in [3.05, 3.63) is 106 Å². The van der Waals surface area contributed by atoms with Gasteiger partial charge in [-0.1, -0.05) is 66.7 Å². The summed E-state index contributed by atoms with van der Waals surface area (Å²) in [5.74, 6) is 0.0352. The molecular formula is C26H21N3O3. The molecule has 1 heterocycles. The van der Waals surface area contributed by atoms with Crippen molar-refractivity contribution in [1.29, 1.82) is 0 Å². The van der Waals surface area contributed by atoms with Crippen LogP contribution in [0.15, 0.2) is 83.9 Å². The molecule has 0 fully saturated rings. The molecule has 0 saturated heterocycles. The van der Waals surface area contributed by atoms with Crippen LogP contribution in [0.5, 0.6) is 0 Å². The van der Waals surface area contributed by atoms with Gasteiger partial charge in [0.25, 0.3) is 5.56 Å². The maximum Gasteiger partial charge on any atom is 0.407 e. The topological polar surface area (TPSA) is 84.1 Å². The lowest BCUT2D eigenvalue weighted by atomic mass is 9.98. The lowest BCUT2D eigenvalue weighted by molar-refractivity contribution is 0.144. The van der Waals surface area contributed by atoms with Crippen LogP contribution in [-0.2, 0) is 4.74 Å². The van der Waals surface area contributed by atoms with Crippen molar-refractivity contribution in [2.45, 2.75) is 5.92 Å². The smallest absolute Gasteiger partial charge is 0.407 e. The third kappa shape index (κ3) is 3.78. The number of ether oxygens (including phenoxy) is 1. The molecule has 1 aromatic heterocycles. The number of nitrogens with zero attached hydrogens (tertiary/aromatic N) is 1. The highest BCUT2D eigenvalue weighted by Gasteiger charge is 2.28. The molecule has 0 unspecified atom stereocenters. The summed E-state index contributed by atoms with van der Waals surface area (Å²) in [6, 6.07) is 21.9. The van der Waals surface area contributed by atoms with E-state index in [1.807, 2.05) is 42.5 Å². The summed E-state index contributed by atoms with van der Waals surface area (Å²) in [6.07, 6.45) is 4.58. The molecule has 0 radical (unpaired) electrons. The first-order valence-corrected chi connectivity index (χ1v) is 10.4. The van der Waals surface area contributed by atoms with Gasteiger partial charge < -0.3 is 15.0 Å². The van der Waals surface area contributed by atoms with Crippen molar-refractivity contribution in [1.82, 2.24) is 15.3 Å². The SMILES string of the molecule is O=C(NCC=Cc1ccc2nc[nH]c(=O)c2c1)OCC1c2ccccc2-c2ccccc21. The van der Waals surface area contributed by atoms with E-state index >= 15 is 0 Å². The van der Waals surface area contributed by atoms with E-state index < -0.39 is 6.09 Å². The number of aromatic amines is 1. The molecule has 4 aromatic rings. The van der Waals surface area contributed by atoms with Gasteiger partial charge in [0.1, 0.15) is 6.61 Å². The van der Waals surface area contributed by atoms with Gasteiger partial charge >= 0.3 is 6.09 Å². The highest BCUT2D eigenvalue weighted by molar-refractivity contribution is 5.80. The first-order chi connectivity index (χ1) is 15.7. The summed E-state index contributed by atoms with van der Waals surface area (Å²) < 4.78 is 5.53. The summed E-state index contributed by atoms with van der Waals surface area (Å²) in [7, 11) is 0. The van der Waals surface area contributed by atoms with Gasteiger partial charge in [0.05, 0.1) is 17.2 Å². The van der Waals surface area contributed by atoms with E-state index in [4.69, 9.17) is 4.74 Å². The number of hydrogen-bond donors (Lipinski definition) is 2. The van der Waals surface area contributed by atoms with Crippen LogP contribution in [-0.4, -0.2) is 29.2 Å². The van der Waals surface area contributed by atoms with Crippen molar-refractivity contribution in [3.8, 4) is 11.1 Å². The van der Waals surface area contributed by atoms with Crippen LogP contribution < -0.4 is 10.9 Å². The average molecular weight is 423 g/mol. The summed E-state index contributed by atoms with van der Waals surface area (Å²) in [5, 5.41) is 3.27. The van der Waals surface area contributed by atoms with Crippen LogP contribution in [0, 0.1) is 0 Å². The number of carbonyl (C=O) groups is 1. The average Bonchev–Trinajstić information content (AvgIpc) is 3.15. The fourth-order valence-corrected chi connectivity index (χ4v) is 4.18. The van der Waals surface area contributed by atoms with Crippen molar-refractivity contribution in [2.24, 2.45) is 0 Å². The highest BCUT2D eigenvalue weighted by atomic mass is 16.5. The molecule has 0 saturated carbocycles. The number of alkyl carbamates (subject to hydrolysis) is 1. The molecule has 0 spiro atoms. The molecule has 0 aliphatic heterocycles. The summed E-state index contributed by atoms with van der Waals surface area (Å²) >= 11 is 0. The van der Waals surface area contributed by atoms with Crippen molar-refractivity contribution >= 4 is 23.1 Å². The Balaban J connectivity index is 1.19. The molecule has 6 heteroatoms. The Morgan fingerprint density at radius 2 is 1.75 bits per heavy atom. The zero-order valence-corrected chi connectivity index (χ0v) is 17.2. The number of carbonyl (C=O) groups excluding carboxylic acids is 1. The van der Waals surface area contributed by atoms with Gasteiger partial charge in [-0.05, 0) is 39.9 Å². The molecule has 3 aromatic carbocycles. The second-order valence-corrected chi connectivity index (χ2v) is 7.62. The van der Waals surface area contributed by atoms with Gasteiger partial charge in [-0.3, -0.25) is 4.79 Å². The molecule has 6 nitrogen and oxygen atoms in total. The largest absolute Gasteiger partial charge is 0.449 e. The molecule has 5 rings (SSSR count). The Morgan fingerprint density at radius 3 is 2.50 bits per heavy atom. The summed E-state index contributed by atoms with van der Waals surface area (Å²) in [5.41, 5.74) is 6.08. The standard InChI is InChI=1S/C26H21N3O3/c30-25-22-14-17(11-12-24(22)28-16-29-25)6-5-13-27-26(31)32-15-23-20-9-3-1-7-18(20)19-8-2-4-10-21(19)23/h1-12,14,16,23H,13,15H2,(H,27,31)(H,28,29,30). The van der Waals surface area contributed by atoms with E-state index in [9.17, 15) is 9.59 Å². The van der Waals surface area contributed by atoms with Gasteiger partial charge in [-0.15, -0.1) is 0 Å². The van der Waals surface area contributed by atoms with Crippen LogP contribution in [0.4, 0.5) is 4.79 Å². The minimum atomic E-state index is -0.462. The van der Waals surface area contributed by atoms with Gasteiger partial charge in [0.2, 0.25) is 0 Å². The minimum Gasteiger partial charge on any atom is -0.449 e. The Morgan fingerprint density at radius 1 is 1.03 bits per heavy atom. The number of amides is 1. The molecule has 32 heavy (non-hydrogen) atoms. The van der Waals surface area contributed by atoms with E-state index in [0.29, 0.717) is 17.4 Å². The zero-order chi connectivity index (χ0) is 21.9. The lowest BCUT2D eigenvalue weighted by Crippen LogP contribution is -2.26. The maximum atomic E-state index is 12.2. The third-order valence-electron chi connectivity index (χ3n) is 5.68. The predicted molar refractivity (Wildman–Crippen MR) is 124 cm³/mol. The minimum absolute atomic E-state index is 0.0352. The molecule has 158 valence electrons. The summed E-state index contributed by atoms with van der Waals surface area (Å²) in [4.78, 5) is 30.8. The van der Waals surface area contributed by atoms with Gasteiger partial charge in [0.15, 0.2) is 0 Å². The number of rotatable bonds is 5. The molecule has 1 aliphatic carbocycles. The van der Waals surface area contributed by atoms with Crippen LogP contribution >= 0.6 is 0 Å². The highest BCUT2D eigenvalue weighted by Crippen LogP contribution is 2.44. The molecule has 0 bridgehead atoms. The van der Waals surface area contributed by atoms with Crippen molar-refractivity contribution in [3.63, 3.8) is 0 Å². The molecule has 0 atom stereocenters. The quantitative estimate of drug-likeness (QED) is 0.496. The zero-order valence-electron chi connectivity index (χ0n) is 17.2. The lowest BCUT2D eigenvalue weighted by Gasteiger charge is -2.14. The van der Waals surface area contributed by atoms with Crippen LogP contribution in [0.1, 0.15) is 22.6 Å². The normalized spacial score (nSPS) is 12.6. The van der Waals surface area contributed by atoms with Gasteiger partial charge in [-0.25, -0.2) is 9.78 Å². The Hall–Kier alpha value is -4.19. The van der Waals surface area contributed by atoms with Crippen LogP contribution in [0.3, 0.4) is 0 Å². The fraction of sp³-hybridized carbons (Fsp3) is 0.115. The van der Waals surface area contributed by atoms with Crippen LogP contribution in [0.25, 0.3) is 28.1 Å². The second kappa shape index (κ2) is 8.51. The molecule has 2 N–H and O–H groups in total. The maximum absolute atomic E-state index is 12.2. The monoisotopic (exact) mass is 423 g/mol. The molecule has 1 aliphatic rings. The van der Waals surface area contributed by atoms with E-state index in [0.717, 1.165) is 5.56 Å². The van der Waals surface area contributed by atoms with Gasteiger partial charge in [-0.2, -0.15) is 0 Å². The Bertz CT molecular complexity index is 1340. The second-order valence-electron chi connectivity index (χ2n) is 7.62. The van der Waals surface area contributed by atoms with Crippen LogP contribution in [0.2, 0.25) is 0 Å². The Kier molecular flexibility index (Phi) is 5.25. The first-order valence-electron chi connectivity index (χ1n) is 10.4. The molecular weight excluding hydrogens is 402 g/mol. The molecule has 1 amide bonds. The number of nitrogens with one attached hydrogen (secondary N) is 2. The van der Waals surface area contributed by atoms with E-state index in [2.05, 4.69) is 39.6 Å². The van der Waals surface area contributed by atoms with E-state index in [1.165, 1.54) is 28.6 Å². The van der Waals surface area contributed by atoms with Crippen molar-refractivity contribution < 1.29 is 9.53 Å². The third-order valence-corrected chi connectivity index (χ3v) is 5.68. The number of fused-ring (bicyclic) bond motifs is 4. The van der Waals surface area contributed by atoms with Gasteiger partial charge in [0, 0.05) is 12.5 Å². The predicted octanol–water partition coefficient (Wildman–Crippen LogP) is 4.48. The number of benzene rings is 3. The number of H-pyrrole nitrogens is 1. The summed E-state index contributed by atoms with van der Waals surface area (Å²) in [6.45, 7) is 0.599. The number of hydrogen-bond acceptors (Lipinski definition) is 4.